The second-order valence-corrected chi connectivity index (χ2v) is 8.48. The third kappa shape index (κ3) is 4.59. The van der Waals surface area contributed by atoms with Gasteiger partial charge in [0, 0.05) is 30.8 Å². The van der Waals surface area contributed by atoms with Gasteiger partial charge in [-0.25, -0.2) is 0 Å². The van der Waals surface area contributed by atoms with Gasteiger partial charge < -0.3 is 10.2 Å². The van der Waals surface area contributed by atoms with Crippen LogP contribution in [0.1, 0.15) is 36.5 Å². The first kappa shape index (κ1) is 21.8. The van der Waals surface area contributed by atoms with E-state index in [1.165, 1.54) is 10.2 Å². The van der Waals surface area contributed by atoms with Gasteiger partial charge in [-0.2, -0.15) is 4.68 Å². The Bertz CT molecular complexity index is 1140. The highest BCUT2D eigenvalue weighted by atomic mass is 16.2. The van der Waals surface area contributed by atoms with Crippen LogP contribution in [-0.4, -0.2) is 28.8 Å². The average Bonchev–Trinajstić information content (AvgIpc) is 2.82. The van der Waals surface area contributed by atoms with E-state index in [4.69, 9.17) is 0 Å². The normalized spacial score (nSPS) is 14.4. The molecule has 1 aliphatic rings. The van der Waals surface area contributed by atoms with Crippen molar-refractivity contribution in [2.45, 2.75) is 40.0 Å². The van der Waals surface area contributed by atoms with Gasteiger partial charge in [-0.1, -0.05) is 37.3 Å². The van der Waals surface area contributed by atoms with Gasteiger partial charge in [-0.05, 0) is 68.0 Å². The number of anilines is 2. The van der Waals surface area contributed by atoms with Crippen LogP contribution in [0.5, 0.6) is 0 Å². The Kier molecular flexibility index (Phi) is 6.40. The van der Waals surface area contributed by atoms with Gasteiger partial charge >= 0.3 is 0 Å². The van der Waals surface area contributed by atoms with Gasteiger partial charge in [-0.3, -0.25) is 9.59 Å². The van der Waals surface area contributed by atoms with Gasteiger partial charge in [0.2, 0.25) is 5.91 Å². The molecule has 1 aromatic heterocycles. The molecule has 32 heavy (non-hydrogen) atoms. The molecule has 0 bridgehead atoms. The molecule has 0 saturated carbocycles. The summed E-state index contributed by atoms with van der Waals surface area (Å²) in [7, 11) is 0. The standard InChI is InChI=1S/C26H30N4O2/c1-4-20-8-10-22(11-9-20)30-24(31)13-12-23(28-30)29-16-14-21(15-17-29)26(32)27-25-18(2)6-5-7-19(25)3/h5-13,21H,4,14-17H2,1-3H3,(H,27,32). The first-order valence-electron chi connectivity index (χ1n) is 11.3. The number of rotatable bonds is 5. The van der Waals surface area contributed by atoms with E-state index in [1.807, 2.05) is 56.3 Å². The number of carbonyl (C=O) groups excluding carboxylic acids is 1. The van der Waals surface area contributed by atoms with Gasteiger partial charge in [0.15, 0.2) is 0 Å². The summed E-state index contributed by atoms with van der Waals surface area (Å²) in [6, 6.07) is 17.3. The predicted molar refractivity (Wildman–Crippen MR) is 129 cm³/mol. The summed E-state index contributed by atoms with van der Waals surface area (Å²) >= 11 is 0. The van der Waals surface area contributed by atoms with Crippen LogP contribution in [-0.2, 0) is 11.2 Å². The minimum absolute atomic E-state index is 0.0299. The number of aryl methyl sites for hydroxylation is 3. The van der Waals surface area contributed by atoms with Gasteiger partial charge in [0.25, 0.3) is 5.56 Å². The number of piperidine rings is 1. The number of para-hydroxylation sites is 1. The highest BCUT2D eigenvalue weighted by Gasteiger charge is 2.26. The molecule has 0 spiro atoms. The molecule has 2 heterocycles. The number of carbonyl (C=O) groups is 1. The Hall–Kier alpha value is -3.41. The third-order valence-electron chi connectivity index (χ3n) is 6.29. The summed E-state index contributed by atoms with van der Waals surface area (Å²) in [5, 5.41) is 7.74. The van der Waals surface area contributed by atoms with Crippen molar-refractivity contribution in [3.63, 3.8) is 0 Å². The molecule has 2 aromatic carbocycles. The molecule has 1 N–H and O–H groups in total. The molecule has 1 fully saturated rings. The third-order valence-corrected chi connectivity index (χ3v) is 6.29. The molecule has 0 radical (unpaired) electrons. The lowest BCUT2D eigenvalue weighted by atomic mass is 9.95. The zero-order chi connectivity index (χ0) is 22.7. The summed E-state index contributed by atoms with van der Waals surface area (Å²) in [5.41, 5.74) is 4.91. The quantitative estimate of drug-likeness (QED) is 0.657. The Morgan fingerprint density at radius 2 is 1.66 bits per heavy atom. The van der Waals surface area contributed by atoms with Crippen LogP contribution in [0.4, 0.5) is 11.5 Å². The first-order valence-corrected chi connectivity index (χ1v) is 11.3. The molecule has 1 aliphatic heterocycles. The Labute approximate surface area is 188 Å². The minimum Gasteiger partial charge on any atom is -0.355 e. The lowest BCUT2D eigenvalue weighted by molar-refractivity contribution is -0.120. The molecule has 0 aliphatic carbocycles. The number of amides is 1. The average molecular weight is 431 g/mol. The molecule has 6 heteroatoms. The van der Waals surface area contributed by atoms with Crippen molar-refractivity contribution >= 4 is 17.4 Å². The molecule has 1 saturated heterocycles. The van der Waals surface area contributed by atoms with Crippen LogP contribution in [0, 0.1) is 19.8 Å². The molecule has 1 amide bonds. The number of nitrogens with one attached hydrogen (secondary N) is 1. The van der Waals surface area contributed by atoms with Crippen LogP contribution < -0.4 is 15.8 Å². The van der Waals surface area contributed by atoms with E-state index >= 15 is 0 Å². The zero-order valence-corrected chi connectivity index (χ0v) is 19.0. The van der Waals surface area contributed by atoms with Crippen molar-refractivity contribution in [2.24, 2.45) is 5.92 Å². The Morgan fingerprint density at radius 3 is 2.28 bits per heavy atom. The fourth-order valence-electron chi connectivity index (χ4n) is 4.24. The SMILES string of the molecule is CCc1ccc(-n2nc(N3CCC(C(=O)Nc4c(C)cccc4C)CC3)ccc2=O)cc1. The highest BCUT2D eigenvalue weighted by Crippen LogP contribution is 2.25. The van der Waals surface area contributed by atoms with Crippen molar-refractivity contribution < 1.29 is 4.79 Å². The van der Waals surface area contributed by atoms with E-state index < -0.39 is 0 Å². The first-order chi connectivity index (χ1) is 15.5. The van der Waals surface area contributed by atoms with E-state index in [0.29, 0.717) is 0 Å². The minimum atomic E-state index is -0.152. The van der Waals surface area contributed by atoms with E-state index in [9.17, 15) is 9.59 Å². The molecular weight excluding hydrogens is 400 g/mol. The fourth-order valence-corrected chi connectivity index (χ4v) is 4.24. The fraction of sp³-hybridized carbons (Fsp3) is 0.346. The smallest absolute Gasteiger partial charge is 0.271 e. The monoisotopic (exact) mass is 430 g/mol. The number of hydrogen-bond donors (Lipinski definition) is 1. The van der Waals surface area contributed by atoms with Gasteiger partial charge in [0.05, 0.1) is 5.69 Å². The molecule has 3 aromatic rings. The maximum absolute atomic E-state index is 12.9. The highest BCUT2D eigenvalue weighted by molar-refractivity contribution is 5.94. The summed E-state index contributed by atoms with van der Waals surface area (Å²) in [6.07, 6.45) is 2.46. The molecule has 0 unspecified atom stereocenters. The summed E-state index contributed by atoms with van der Waals surface area (Å²) < 4.78 is 1.45. The van der Waals surface area contributed by atoms with Crippen molar-refractivity contribution in [3.8, 4) is 5.69 Å². The Morgan fingerprint density at radius 1 is 1.00 bits per heavy atom. The van der Waals surface area contributed by atoms with Crippen LogP contribution in [0.3, 0.4) is 0 Å². The van der Waals surface area contributed by atoms with E-state index in [0.717, 1.165) is 60.7 Å². The summed E-state index contributed by atoms with van der Waals surface area (Å²) in [6.45, 7) is 7.59. The van der Waals surface area contributed by atoms with E-state index in [2.05, 4.69) is 22.2 Å². The maximum Gasteiger partial charge on any atom is 0.271 e. The number of aromatic nitrogens is 2. The van der Waals surface area contributed by atoms with Gasteiger partial charge in [-0.15, -0.1) is 5.10 Å². The second kappa shape index (κ2) is 9.39. The topological polar surface area (TPSA) is 67.2 Å². The number of benzene rings is 2. The van der Waals surface area contributed by atoms with Crippen molar-refractivity contribution in [1.82, 2.24) is 9.78 Å². The largest absolute Gasteiger partial charge is 0.355 e. The van der Waals surface area contributed by atoms with Gasteiger partial charge in [0.1, 0.15) is 5.82 Å². The lowest BCUT2D eigenvalue weighted by Crippen LogP contribution is -2.39. The lowest BCUT2D eigenvalue weighted by Gasteiger charge is -2.32. The van der Waals surface area contributed by atoms with Crippen molar-refractivity contribution in [1.29, 1.82) is 0 Å². The predicted octanol–water partition coefficient (Wildman–Crippen LogP) is 4.27. The zero-order valence-electron chi connectivity index (χ0n) is 19.0. The van der Waals surface area contributed by atoms with Crippen LogP contribution in [0.2, 0.25) is 0 Å². The van der Waals surface area contributed by atoms with Crippen molar-refractivity contribution in [3.05, 3.63) is 81.6 Å². The molecule has 0 atom stereocenters. The van der Waals surface area contributed by atoms with Crippen molar-refractivity contribution in [2.75, 3.05) is 23.3 Å². The van der Waals surface area contributed by atoms with E-state index in [-0.39, 0.29) is 17.4 Å². The van der Waals surface area contributed by atoms with Crippen LogP contribution >= 0.6 is 0 Å². The molecule has 166 valence electrons. The molecular formula is C26H30N4O2. The summed E-state index contributed by atoms with van der Waals surface area (Å²) in [5.74, 6) is 0.812. The van der Waals surface area contributed by atoms with Crippen LogP contribution in [0.15, 0.2) is 59.4 Å². The van der Waals surface area contributed by atoms with Crippen LogP contribution in [0.25, 0.3) is 5.69 Å². The second-order valence-electron chi connectivity index (χ2n) is 8.48. The number of nitrogens with zero attached hydrogens (tertiary/aromatic N) is 3. The van der Waals surface area contributed by atoms with E-state index in [1.54, 1.807) is 12.1 Å². The molecule has 6 nitrogen and oxygen atoms in total. The number of hydrogen-bond acceptors (Lipinski definition) is 4. The maximum atomic E-state index is 12.9. The Balaban J connectivity index is 1.44. The molecule has 4 rings (SSSR count). The summed E-state index contributed by atoms with van der Waals surface area (Å²) in [4.78, 5) is 27.4.